The van der Waals surface area contributed by atoms with Crippen LogP contribution in [0.25, 0.3) is 0 Å². The Bertz CT molecular complexity index is 855. The Hall–Kier alpha value is -2.17. The van der Waals surface area contributed by atoms with Gasteiger partial charge in [0, 0.05) is 16.1 Å². The van der Waals surface area contributed by atoms with Gasteiger partial charge in [-0.05, 0) is 32.0 Å². The van der Waals surface area contributed by atoms with Crippen LogP contribution in [0.5, 0.6) is 0 Å². The molecule has 3 rings (SSSR count). The molecule has 0 radical (unpaired) electrons. The smallest absolute Gasteiger partial charge is 0.144 e. The first kappa shape index (κ1) is 17.6. The largest absolute Gasteiger partial charge is 0.276 e. The standard InChI is InChI=1S/C19H18Cl2N4/c1-12(20)13(2)24-25-18-11-22-19(14-6-4-3-5-7-14)16-10-15(21)8-9-17(16)23-18/h3-10,12H,11H2,1-2H3,(H,23,25)/b24-13+. The molecule has 0 aliphatic carbocycles. The molecule has 0 amide bonds. The average Bonchev–Trinajstić information content (AvgIpc) is 2.79. The first-order valence-electron chi connectivity index (χ1n) is 7.96. The van der Waals surface area contributed by atoms with Crippen LogP contribution in [-0.4, -0.2) is 29.2 Å². The zero-order valence-corrected chi connectivity index (χ0v) is 15.5. The number of hydrogen-bond donors (Lipinski definition) is 1. The number of benzene rings is 2. The molecule has 0 saturated heterocycles. The third-order valence-electron chi connectivity index (χ3n) is 3.84. The summed E-state index contributed by atoms with van der Waals surface area (Å²) in [5, 5.41) is 4.79. The number of fused-ring (bicyclic) bond motifs is 1. The van der Waals surface area contributed by atoms with Crippen molar-refractivity contribution < 1.29 is 0 Å². The van der Waals surface area contributed by atoms with E-state index in [0.29, 0.717) is 17.4 Å². The van der Waals surface area contributed by atoms with Gasteiger partial charge in [-0.3, -0.25) is 10.4 Å². The van der Waals surface area contributed by atoms with E-state index in [9.17, 15) is 0 Å². The molecule has 0 spiro atoms. The molecule has 4 nitrogen and oxygen atoms in total. The number of amidine groups is 1. The van der Waals surface area contributed by atoms with Crippen LogP contribution in [0.4, 0.5) is 5.69 Å². The van der Waals surface area contributed by atoms with E-state index >= 15 is 0 Å². The molecule has 0 aromatic heterocycles. The Morgan fingerprint density at radius 1 is 1.20 bits per heavy atom. The van der Waals surface area contributed by atoms with Crippen molar-refractivity contribution in [3.63, 3.8) is 0 Å². The Balaban J connectivity index is 2.01. The zero-order valence-electron chi connectivity index (χ0n) is 14.0. The van der Waals surface area contributed by atoms with Crippen molar-refractivity contribution in [2.45, 2.75) is 19.2 Å². The van der Waals surface area contributed by atoms with Crippen LogP contribution in [0, 0.1) is 0 Å². The summed E-state index contributed by atoms with van der Waals surface area (Å²) in [5.41, 5.74) is 7.37. The van der Waals surface area contributed by atoms with E-state index in [-0.39, 0.29) is 5.38 Å². The zero-order chi connectivity index (χ0) is 17.8. The van der Waals surface area contributed by atoms with Gasteiger partial charge in [-0.25, -0.2) is 4.99 Å². The van der Waals surface area contributed by atoms with Gasteiger partial charge in [0.2, 0.25) is 0 Å². The van der Waals surface area contributed by atoms with Crippen molar-refractivity contribution in [3.05, 3.63) is 64.7 Å². The second kappa shape index (κ2) is 7.81. The average molecular weight is 373 g/mol. The first-order valence-corrected chi connectivity index (χ1v) is 8.77. The number of hydrazone groups is 1. The summed E-state index contributed by atoms with van der Waals surface area (Å²) >= 11 is 12.2. The summed E-state index contributed by atoms with van der Waals surface area (Å²) in [5.74, 6) is 0.658. The molecule has 128 valence electrons. The Kier molecular flexibility index (Phi) is 5.51. The van der Waals surface area contributed by atoms with E-state index in [1.807, 2.05) is 62.4 Å². The summed E-state index contributed by atoms with van der Waals surface area (Å²) in [6.45, 7) is 4.14. The van der Waals surface area contributed by atoms with Crippen LogP contribution in [0.1, 0.15) is 25.0 Å². The highest BCUT2D eigenvalue weighted by molar-refractivity contribution is 6.32. The van der Waals surface area contributed by atoms with Crippen LogP contribution in [0.2, 0.25) is 5.02 Å². The molecule has 1 aliphatic heterocycles. The highest BCUT2D eigenvalue weighted by Crippen LogP contribution is 2.28. The Morgan fingerprint density at radius 3 is 2.68 bits per heavy atom. The number of rotatable bonds is 3. The summed E-state index contributed by atoms with van der Waals surface area (Å²) < 4.78 is 0. The summed E-state index contributed by atoms with van der Waals surface area (Å²) in [4.78, 5) is 9.41. The number of hydrogen-bond acceptors (Lipinski definition) is 4. The summed E-state index contributed by atoms with van der Waals surface area (Å²) in [6, 6.07) is 15.6. The predicted molar refractivity (Wildman–Crippen MR) is 107 cm³/mol. The molecular formula is C19H18Cl2N4. The monoisotopic (exact) mass is 372 g/mol. The van der Waals surface area contributed by atoms with Gasteiger partial charge in [0.25, 0.3) is 0 Å². The van der Waals surface area contributed by atoms with Crippen LogP contribution >= 0.6 is 23.2 Å². The predicted octanol–water partition coefficient (Wildman–Crippen LogP) is 4.81. The van der Waals surface area contributed by atoms with E-state index in [1.54, 1.807) is 0 Å². The first-order chi connectivity index (χ1) is 12.0. The molecule has 6 heteroatoms. The molecule has 2 aromatic rings. The third-order valence-corrected chi connectivity index (χ3v) is 4.39. The fraction of sp³-hybridized carbons (Fsp3) is 0.211. The molecule has 1 atom stereocenters. The molecule has 0 bridgehead atoms. The van der Waals surface area contributed by atoms with E-state index < -0.39 is 0 Å². The lowest BCUT2D eigenvalue weighted by molar-refractivity contribution is 0.976. The molecule has 1 unspecified atom stereocenters. The third kappa shape index (κ3) is 4.27. The number of nitrogens with one attached hydrogen (secondary N) is 1. The highest BCUT2D eigenvalue weighted by atomic mass is 35.5. The lowest BCUT2D eigenvalue weighted by atomic mass is 10.0. The van der Waals surface area contributed by atoms with Crippen molar-refractivity contribution in [1.82, 2.24) is 5.43 Å². The van der Waals surface area contributed by atoms with Gasteiger partial charge >= 0.3 is 0 Å². The van der Waals surface area contributed by atoms with Gasteiger partial charge in [-0.1, -0.05) is 41.9 Å². The molecule has 1 N–H and O–H groups in total. The molecule has 1 aliphatic rings. The maximum absolute atomic E-state index is 6.20. The van der Waals surface area contributed by atoms with Crippen LogP contribution < -0.4 is 5.43 Å². The molecule has 25 heavy (non-hydrogen) atoms. The minimum Gasteiger partial charge on any atom is -0.276 e. The van der Waals surface area contributed by atoms with Crippen molar-refractivity contribution in [1.29, 1.82) is 0 Å². The molecule has 2 aromatic carbocycles. The normalized spacial score (nSPS) is 15.6. The maximum atomic E-state index is 6.20. The molecular weight excluding hydrogens is 355 g/mol. The van der Waals surface area contributed by atoms with E-state index in [1.165, 1.54) is 0 Å². The van der Waals surface area contributed by atoms with Gasteiger partial charge in [-0.2, -0.15) is 5.10 Å². The second-order valence-corrected chi connectivity index (χ2v) is 6.82. The molecule has 0 fully saturated rings. The summed E-state index contributed by atoms with van der Waals surface area (Å²) in [7, 11) is 0. The number of nitrogens with zero attached hydrogens (tertiary/aromatic N) is 3. The Morgan fingerprint density at radius 2 is 1.96 bits per heavy atom. The maximum Gasteiger partial charge on any atom is 0.144 e. The van der Waals surface area contributed by atoms with Crippen molar-refractivity contribution in [2.75, 3.05) is 6.54 Å². The number of alkyl halides is 1. The topological polar surface area (TPSA) is 49.1 Å². The fourth-order valence-corrected chi connectivity index (χ4v) is 2.58. The summed E-state index contributed by atoms with van der Waals surface area (Å²) in [6.07, 6.45) is 0. The lowest BCUT2D eigenvalue weighted by Crippen LogP contribution is -2.23. The fourth-order valence-electron chi connectivity index (χ4n) is 2.36. The molecule has 0 saturated carbocycles. The number of aliphatic imine (C=N–C) groups is 2. The van der Waals surface area contributed by atoms with Gasteiger partial charge in [-0.15, -0.1) is 11.6 Å². The van der Waals surface area contributed by atoms with E-state index in [0.717, 1.165) is 28.2 Å². The van der Waals surface area contributed by atoms with E-state index in [2.05, 4.69) is 15.5 Å². The minimum atomic E-state index is -0.145. The number of halogens is 2. The van der Waals surface area contributed by atoms with Crippen molar-refractivity contribution in [2.24, 2.45) is 15.1 Å². The van der Waals surface area contributed by atoms with Gasteiger partial charge < -0.3 is 0 Å². The van der Waals surface area contributed by atoms with Crippen LogP contribution in [-0.2, 0) is 0 Å². The van der Waals surface area contributed by atoms with Crippen LogP contribution in [0.3, 0.4) is 0 Å². The Labute approximate surface area is 157 Å². The minimum absolute atomic E-state index is 0.145. The van der Waals surface area contributed by atoms with Crippen molar-refractivity contribution in [3.8, 4) is 0 Å². The van der Waals surface area contributed by atoms with E-state index in [4.69, 9.17) is 28.2 Å². The quantitative estimate of drug-likeness (QED) is 0.468. The molecule has 1 heterocycles. The SMILES string of the molecule is C/C(=N\NC1=Nc2ccc(Cl)cc2C(c2ccccc2)=NC1)C(C)Cl. The van der Waals surface area contributed by atoms with Gasteiger partial charge in [0.1, 0.15) is 5.84 Å². The second-order valence-electron chi connectivity index (χ2n) is 5.73. The van der Waals surface area contributed by atoms with Crippen LogP contribution in [0.15, 0.2) is 63.6 Å². The highest BCUT2D eigenvalue weighted by Gasteiger charge is 2.16. The van der Waals surface area contributed by atoms with Crippen molar-refractivity contribution >= 4 is 46.1 Å². The lowest BCUT2D eigenvalue weighted by Gasteiger charge is -2.08. The van der Waals surface area contributed by atoms with Gasteiger partial charge in [0.15, 0.2) is 0 Å². The van der Waals surface area contributed by atoms with Gasteiger partial charge in [0.05, 0.1) is 29.0 Å².